The van der Waals surface area contributed by atoms with Crippen LogP contribution in [0.4, 0.5) is 0 Å². The van der Waals surface area contributed by atoms with Crippen molar-refractivity contribution < 1.29 is 19.5 Å². The predicted molar refractivity (Wildman–Crippen MR) is 69.5 cm³/mol. The Labute approximate surface area is 112 Å². The molecule has 1 aliphatic heterocycles. The number of carbonyl (C=O) groups is 1. The molecule has 0 aliphatic carbocycles. The Hall–Kier alpha value is -1.43. The van der Waals surface area contributed by atoms with Crippen molar-refractivity contribution in [2.24, 2.45) is 0 Å². The van der Waals surface area contributed by atoms with Gasteiger partial charge in [-0.1, -0.05) is 18.2 Å². The molecule has 0 spiro atoms. The second-order valence-electron chi connectivity index (χ2n) is 4.59. The fraction of sp³-hybridized carbons (Fsp3) is 0.500. The zero-order chi connectivity index (χ0) is 13.7. The summed E-state index contributed by atoms with van der Waals surface area (Å²) in [5.41, 5.74) is 0.524. The van der Waals surface area contributed by atoms with Gasteiger partial charge >= 0.3 is 5.97 Å². The lowest BCUT2D eigenvalue weighted by Gasteiger charge is -2.18. The zero-order valence-corrected chi connectivity index (χ0v) is 11.0. The molecule has 0 saturated carbocycles. The van der Waals surface area contributed by atoms with Crippen LogP contribution in [0.3, 0.4) is 0 Å². The number of nitrogens with zero attached hydrogens (tertiary/aromatic N) is 1. The molecule has 5 nitrogen and oxygen atoms in total. The molecule has 1 N–H and O–H groups in total. The molecule has 0 radical (unpaired) electrons. The van der Waals surface area contributed by atoms with Crippen molar-refractivity contribution in [1.82, 2.24) is 5.06 Å². The maximum Gasteiger partial charge on any atom is 0.357 e. The van der Waals surface area contributed by atoms with Gasteiger partial charge in [0.1, 0.15) is 0 Å². The number of ether oxygens (including phenoxy) is 1. The van der Waals surface area contributed by atoms with Crippen LogP contribution in [0.1, 0.15) is 23.2 Å². The first-order valence-corrected chi connectivity index (χ1v) is 6.44. The van der Waals surface area contributed by atoms with E-state index in [1.165, 1.54) is 0 Å². The van der Waals surface area contributed by atoms with E-state index in [9.17, 15) is 9.90 Å². The minimum Gasteiger partial charge on any atom is -0.390 e. The minimum atomic E-state index is -0.509. The molecule has 0 amide bonds. The molecule has 1 heterocycles. The number of rotatable bonds is 3. The molecule has 1 saturated heterocycles. The number of hydrogen-bond donors (Lipinski definition) is 1. The van der Waals surface area contributed by atoms with Gasteiger partial charge in [-0.25, -0.2) is 4.79 Å². The van der Waals surface area contributed by atoms with E-state index >= 15 is 0 Å². The van der Waals surface area contributed by atoms with Crippen molar-refractivity contribution in [3.05, 3.63) is 35.9 Å². The highest BCUT2D eigenvalue weighted by atomic mass is 16.7. The van der Waals surface area contributed by atoms with Crippen LogP contribution in [-0.2, 0) is 9.57 Å². The normalized spacial score (nSPS) is 24.7. The molecule has 1 aromatic rings. The van der Waals surface area contributed by atoms with E-state index < -0.39 is 6.10 Å². The molecule has 2 rings (SSSR count). The summed E-state index contributed by atoms with van der Waals surface area (Å²) in [6.45, 7) is 1.08. The quantitative estimate of drug-likeness (QED) is 0.890. The average molecular weight is 265 g/mol. The van der Waals surface area contributed by atoms with Gasteiger partial charge in [0.25, 0.3) is 0 Å². The van der Waals surface area contributed by atoms with Crippen molar-refractivity contribution in [2.45, 2.75) is 25.0 Å². The molecule has 0 unspecified atom stereocenters. The maximum atomic E-state index is 11.9. The third-order valence-electron chi connectivity index (χ3n) is 3.29. The van der Waals surface area contributed by atoms with Crippen molar-refractivity contribution >= 4 is 5.97 Å². The largest absolute Gasteiger partial charge is 0.390 e. The lowest BCUT2D eigenvalue weighted by Crippen LogP contribution is -2.28. The summed E-state index contributed by atoms with van der Waals surface area (Å²) < 4.78 is 5.20. The highest BCUT2D eigenvalue weighted by Crippen LogP contribution is 2.15. The second-order valence-corrected chi connectivity index (χ2v) is 4.59. The Morgan fingerprint density at radius 3 is 2.63 bits per heavy atom. The van der Waals surface area contributed by atoms with Crippen LogP contribution in [0.25, 0.3) is 0 Å². The van der Waals surface area contributed by atoms with Crippen LogP contribution >= 0.6 is 0 Å². The van der Waals surface area contributed by atoms with E-state index in [4.69, 9.17) is 9.57 Å². The Kier molecular flexibility index (Phi) is 4.90. The van der Waals surface area contributed by atoms with Gasteiger partial charge in [0.15, 0.2) is 0 Å². The van der Waals surface area contributed by atoms with Gasteiger partial charge in [0, 0.05) is 20.2 Å². The number of hydrogen-bond acceptors (Lipinski definition) is 5. The number of methoxy groups -OCH3 is 1. The van der Waals surface area contributed by atoms with Gasteiger partial charge in [0.2, 0.25) is 0 Å². The van der Waals surface area contributed by atoms with Gasteiger partial charge in [-0.3, -0.25) is 0 Å². The SMILES string of the molecule is CO[C@H]1CCN(OC(=O)c2ccccc2)CC[C@@H]1O. The number of aliphatic hydroxyl groups excluding tert-OH is 1. The average Bonchev–Trinajstić information content (AvgIpc) is 2.62. The summed E-state index contributed by atoms with van der Waals surface area (Å²) in [6.07, 6.45) is 0.464. The Morgan fingerprint density at radius 1 is 1.26 bits per heavy atom. The first-order chi connectivity index (χ1) is 9.20. The first kappa shape index (κ1) is 14.0. The lowest BCUT2D eigenvalue weighted by atomic mass is 10.1. The zero-order valence-electron chi connectivity index (χ0n) is 11.0. The van der Waals surface area contributed by atoms with Crippen LogP contribution in [-0.4, -0.2) is 48.5 Å². The number of aliphatic hydroxyl groups is 1. The van der Waals surface area contributed by atoms with Crippen LogP contribution in [0.5, 0.6) is 0 Å². The molecule has 19 heavy (non-hydrogen) atoms. The van der Waals surface area contributed by atoms with E-state index in [1.807, 2.05) is 6.07 Å². The molecular formula is C14H19NO4. The van der Waals surface area contributed by atoms with Gasteiger partial charge in [-0.05, 0) is 25.0 Å². The summed E-state index contributed by atoms with van der Waals surface area (Å²) >= 11 is 0. The van der Waals surface area contributed by atoms with Crippen LogP contribution in [0.2, 0.25) is 0 Å². The van der Waals surface area contributed by atoms with Gasteiger partial charge in [-0.15, -0.1) is 5.06 Å². The van der Waals surface area contributed by atoms with E-state index in [0.717, 1.165) is 0 Å². The third-order valence-corrected chi connectivity index (χ3v) is 3.29. The predicted octanol–water partition coefficient (Wildman–Crippen LogP) is 1.23. The smallest absolute Gasteiger partial charge is 0.357 e. The lowest BCUT2D eigenvalue weighted by molar-refractivity contribution is -0.109. The molecule has 0 aromatic heterocycles. The Bertz CT molecular complexity index is 409. The molecule has 5 heteroatoms. The maximum absolute atomic E-state index is 11.9. The number of carbonyl (C=O) groups excluding carboxylic acids is 1. The van der Waals surface area contributed by atoms with Crippen molar-refractivity contribution in [3.63, 3.8) is 0 Å². The Balaban J connectivity index is 1.91. The minimum absolute atomic E-state index is 0.194. The van der Waals surface area contributed by atoms with Crippen molar-refractivity contribution in [1.29, 1.82) is 0 Å². The number of hydroxylamine groups is 2. The Morgan fingerprint density at radius 2 is 1.95 bits per heavy atom. The van der Waals surface area contributed by atoms with Gasteiger partial charge in [-0.2, -0.15) is 0 Å². The highest BCUT2D eigenvalue weighted by Gasteiger charge is 2.26. The van der Waals surface area contributed by atoms with Crippen molar-refractivity contribution in [2.75, 3.05) is 20.2 Å². The first-order valence-electron chi connectivity index (χ1n) is 6.44. The molecule has 2 atom stereocenters. The van der Waals surface area contributed by atoms with Gasteiger partial charge < -0.3 is 14.7 Å². The monoisotopic (exact) mass is 265 g/mol. The summed E-state index contributed by atoms with van der Waals surface area (Å²) in [5.74, 6) is -0.369. The van der Waals surface area contributed by atoms with Gasteiger partial charge in [0.05, 0.1) is 17.8 Å². The summed E-state index contributed by atoms with van der Waals surface area (Å²) in [6, 6.07) is 8.87. The third kappa shape index (κ3) is 3.76. The topological polar surface area (TPSA) is 59.0 Å². The molecule has 1 aliphatic rings. The fourth-order valence-corrected chi connectivity index (χ4v) is 2.15. The fourth-order valence-electron chi connectivity index (χ4n) is 2.15. The van der Waals surface area contributed by atoms with Crippen molar-refractivity contribution in [3.8, 4) is 0 Å². The van der Waals surface area contributed by atoms with Crippen LogP contribution in [0, 0.1) is 0 Å². The molecule has 1 aromatic carbocycles. The van der Waals surface area contributed by atoms with E-state index in [1.54, 1.807) is 36.4 Å². The highest BCUT2D eigenvalue weighted by molar-refractivity contribution is 5.89. The van der Waals surface area contributed by atoms with E-state index in [-0.39, 0.29) is 12.1 Å². The van der Waals surface area contributed by atoms with Crippen LogP contribution in [0.15, 0.2) is 30.3 Å². The standard InChI is InChI=1S/C14H19NO4/c1-18-13-8-10-15(9-7-12(13)16)19-14(17)11-5-3-2-4-6-11/h2-6,12-13,16H,7-10H2,1H3/t12-,13-/m0/s1. The second kappa shape index (κ2) is 6.65. The summed E-state index contributed by atoms with van der Waals surface area (Å²) in [5, 5.41) is 11.4. The summed E-state index contributed by atoms with van der Waals surface area (Å²) in [7, 11) is 1.58. The van der Waals surface area contributed by atoms with E-state index in [2.05, 4.69) is 0 Å². The number of benzene rings is 1. The molecule has 104 valence electrons. The summed E-state index contributed by atoms with van der Waals surface area (Å²) in [4.78, 5) is 17.2. The molecule has 1 fully saturated rings. The van der Waals surface area contributed by atoms with E-state index in [0.29, 0.717) is 31.5 Å². The molecular weight excluding hydrogens is 246 g/mol. The molecule has 0 bridgehead atoms. The van der Waals surface area contributed by atoms with Crippen LogP contribution < -0.4 is 0 Å².